The van der Waals surface area contributed by atoms with Gasteiger partial charge in [0.1, 0.15) is 21.3 Å². The number of para-hydroxylation sites is 1. The molecule has 0 radical (unpaired) electrons. The lowest BCUT2D eigenvalue weighted by Gasteiger charge is -2.33. The van der Waals surface area contributed by atoms with Crippen molar-refractivity contribution < 1.29 is 4.79 Å². The lowest BCUT2D eigenvalue weighted by atomic mass is 9.72. The van der Waals surface area contributed by atoms with Gasteiger partial charge in [-0.3, -0.25) is 4.79 Å². The lowest BCUT2D eigenvalue weighted by Crippen LogP contribution is -2.28. The first-order chi connectivity index (χ1) is 21.3. The number of aromatic nitrogens is 4. The zero-order valence-corrected chi connectivity index (χ0v) is 27.8. The molecule has 4 aromatic heterocycles. The molecule has 230 valence electrons. The van der Waals surface area contributed by atoms with E-state index in [9.17, 15) is 4.79 Å². The summed E-state index contributed by atoms with van der Waals surface area (Å²) in [6.07, 6.45) is 9.61. The third-order valence-corrected chi connectivity index (χ3v) is 11.9. The molecular weight excluding hydrogens is 585 g/mol. The van der Waals surface area contributed by atoms with E-state index in [2.05, 4.69) is 31.4 Å². The fourth-order valence-electron chi connectivity index (χ4n) is 6.95. The number of carbonyl (C=O) groups is 1. The number of aryl methyl sites for hydroxylation is 2. The lowest BCUT2D eigenvalue weighted by molar-refractivity contribution is 0.0959. The molecule has 5 aromatic rings. The molecule has 1 aromatic carbocycles. The van der Waals surface area contributed by atoms with Crippen molar-refractivity contribution >= 4 is 54.8 Å². The van der Waals surface area contributed by atoms with E-state index in [4.69, 9.17) is 15.1 Å². The van der Waals surface area contributed by atoms with Crippen molar-refractivity contribution in [2.75, 3.05) is 18.4 Å². The van der Waals surface area contributed by atoms with E-state index in [1.165, 1.54) is 65.7 Å². The molecule has 7 rings (SSSR count). The maximum atomic E-state index is 13.2. The first-order valence-electron chi connectivity index (χ1n) is 16.1. The van der Waals surface area contributed by atoms with Gasteiger partial charge in [0.25, 0.3) is 5.91 Å². The molecule has 2 aliphatic carbocycles. The third kappa shape index (κ3) is 5.65. The van der Waals surface area contributed by atoms with Crippen LogP contribution in [-0.2, 0) is 12.8 Å². The highest BCUT2D eigenvalue weighted by atomic mass is 32.1. The van der Waals surface area contributed by atoms with Crippen LogP contribution in [0.2, 0.25) is 0 Å². The van der Waals surface area contributed by atoms with Gasteiger partial charge in [0.05, 0.1) is 21.6 Å². The van der Waals surface area contributed by atoms with Gasteiger partial charge in [-0.05, 0) is 74.1 Å². The maximum absolute atomic E-state index is 13.2. The molecule has 2 aliphatic rings. The molecule has 0 saturated heterocycles. The number of thiophene rings is 2. The number of nitrogens with zero attached hydrogens (tertiary/aromatic N) is 4. The van der Waals surface area contributed by atoms with Gasteiger partial charge in [0.2, 0.25) is 0 Å². The SMILES string of the molecule is Cc1nn(-c2ccccc2)c2sc(C(=O)NCCNc3nc(C4CCCCC4)nc4sc5c(c34)CCC(C(C)(C)C)C5)cc12. The minimum atomic E-state index is -0.0520. The van der Waals surface area contributed by atoms with Gasteiger partial charge >= 0.3 is 0 Å². The number of hydrogen-bond acceptors (Lipinski definition) is 7. The first kappa shape index (κ1) is 29.4. The second-order valence-corrected chi connectivity index (χ2v) is 15.7. The Morgan fingerprint density at radius 3 is 2.59 bits per heavy atom. The predicted molar refractivity (Wildman–Crippen MR) is 183 cm³/mol. The molecule has 0 bridgehead atoms. The van der Waals surface area contributed by atoms with Crippen LogP contribution in [0.15, 0.2) is 36.4 Å². The molecule has 1 atom stereocenters. The number of benzene rings is 1. The summed E-state index contributed by atoms with van der Waals surface area (Å²) in [4.78, 5) is 27.9. The fourth-order valence-corrected chi connectivity index (χ4v) is 9.36. The summed E-state index contributed by atoms with van der Waals surface area (Å²) in [7, 11) is 0. The van der Waals surface area contributed by atoms with E-state index in [0.717, 1.165) is 50.9 Å². The van der Waals surface area contributed by atoms with Crippen LogP contribution >= 0.6 is 22.7 Å². The highest BCUT2D eigenvalue weighted by Crippen LogP contribution is 2.45. The maximum Gasteiger partial charge on any atom is 0.261 e. The zero-order chi connectivity index (χ0) is 30.4. The molecule has 0 spiro atoms. The van der Waals surface area contributed by atoms with Crippen LogP contribution in [0.1, 0.15) is 96.8 Å². The van der Waals surface area contributed by atoms with E-state index in [1.54, 1.807) is 0 Å². The fraction of sp³-hybridized carbons (Fsp3) is 0.486. The van der Waals surface area contributed by atoms with Crippen molar-refractivity contribution in [3.05, 3.63) is 63.2 Å². The number of carbonyl (C=O) groups excluding carboxylic acids is 1. The molecule has 7 nitrogen and oxygen atoms in total. The molecule has 2 N–H and O–H groups in total. The smallest absolute Gasteiger partial charge is 0.261 e. The molecule has 9 heteroatoms. The number of fused-ring (bicyclic) bond motifs is 4. The second-order valence-electron chi connectivity index (χ2n) is 13.6. The van der Waals surface area contributed by atoms with Crippen LogP contribution in [0.5, 0.6) is 0 Å². The Morgan fingerprint density at radius 1 is 1.02 bits per heavy atom. The summed E-state index contributed by atoms with van der Waals surface area (Å²) in [6, 6.07) is 12.0. The van der Waals surface area contributed by atoms with Gasteiger partial charge in [-0.25, -0.2) is 14.6 Å². The number of nitrogens with one attached hydrogen (secondary N) is 2. The topological polar surface area (TPSA) is 84.7 Å². The summed E-state index contributed by atoms with van der Waals surface area (Å²) in [6.45, 7) is 10.2. The normalized spacial score (nSPS) is 17.7. The Kier molecular flexibility index (Phi) is 7.95. The van der Waals surface area contributed by atoms with Crippen LogP contribution in [0.25, 0.3) is 26.1 Å². The second kappa shape index (κ2) is 11.9. The van der Waals surface area contributed by atoms with Crippen molar-refractivity contribution in [1.29, 1.82) is 0 Å². The van der Waals surface area contributed by atoms with E-state index in [0.29, 0.717) is 35.2 Å². The van der Waals surface area contributed by atoms with E-state index in [-0.39, 0.29) is 5.91 Å². The largest absolute Gasteiger partial charge is 0.368 e. The monoisotopic (exact) mass is 626 g/mol. The zero-order valence-electron chi connectivity index (χ0n) is 26.2. The van der Waals surface area contributed by atoms with Gasteiger partial charge in [0.15, 0.2) is 0 Å². The highest BCUT2D eigenvalue weighted by molar-refractivity contribution is 7.20. The Balaban J connectivity index is 1.09. The number of rotatable bonds is 7. The standard InChI is InChI=1S/C35H42N6OS2/c1-21-26-20-28(44-34(26)41(40-21)24-13-9-6-10-14-24)32(42)37-18-17-36-31-29-25-16-15-23(35(2,3)4)19-27(25)43-33(29)39-30(38-31)22-11-7-5-8-12-22/h6,9-10,13-14,20,22-23H,5,7-8,11-12,15-19H2,1-4H3,(H,37,42)(H,36,38,39). The molecule has 1 unspecified atom stereocenters. The predicted octanol–water partition coefficient (Wildman–Crippen LogP) is 8.44. The van der Waals surface area contributed by atoms with Crippen molar-refractivity contribution in [2.24, 2.45) is 11.3 Å². The van der Waals surface area contributed by atoms with Crippen LogP contribution in [0.3, 0.4) is 0 Å². The van der Waals surface area contributed by atoms with Crippen LogP contribution in [0.4, 0.5) is 5.82 Å². The average molecular weight is 627 g/mol. The summed E-state index contributed by atoms with van der Waals surface area (Å²) in [5.41, 5.74) is 3.67. The van der Waals surface area contributed by atoms with E-state index < -0.39 is 0 Å². The van der Waals surface area contributed by atoms with Crippen molar-refractivity contribution in [3.63, 3.8) is 0 Å². The van der Waals surface area contributed by atoms with Crippen molar-refractivity contribution in [3.8, 4) is 5.69 Å². The molecule has 0 aliphatic heterocycles. The number of anilines is 1. The first-order valence-corrected chi connectivity index (χ1v) is 17.8. The Hall–Kier alpha value is -3.30. The quantitative estimate of drug-likeness (QED) is 0.177. The summed E-state index contributed by atoms with van der Waals surface area (Å²) in [5, 5.41) is 13.7. The minimum absolute atomic E-state index is 0.0520. The Bertz CT molecular complexity index is 1810. The van der Waals surface area contributed by atoms with Crippen LogP contribution in [0, 0.1) is 18.3 Å². The van der Waals surface area contributed by atoms with Crippen molar-refractivity contribution in [2.45, 2.75) is 85.0 Å². The molecule has 4 heterocycles. The average Bonchev–Trinajstić information content (AvgIpc) is 3.72. The molecule has 1 amide bonds. The molecular formula is C35H42N6OS2. The molecule has 44 heavy (non-hydrogen) atoms. The van der Waals surface area contributed by atoms with Crippen LogP contribution in [-0.4, -0.2) is 38.7 Å². The Morgan fingerprint density at radius 2 is 1.82 bits per heavy atom. The minimum Gasteiger partial charge on any atom is -0.368 e. The summed E-state index contributed by atoms with van der Waals surface area (Å²) >= 11 is 3.38. The van der Waals surface area contributed by atoms with Gasteiger partial charge in [0, 0.05) is 29.3 Å². The van der Waals surface area contributed by atoms with Gasteiger partial charge in [-0.2, -0.15) is 5.10 Å². The van der Waals surface area contributed by atoms with E-state index in [1.807, 2.05) is 59.3 Å². The van der Waals surface area contributed by atoms with Gasteiger partial charge < -0.3 is 10.6 Å². The third-order valence-electron chi connectivity index (χ3n) is 9.59. The Labute approximate surface area is 267 Å². The summed E-state index contributed by atoms with van der Waals surface area (Å²) in [5.74, 6) is 3.04. The van der Waals surface area contributed by atoms with Gasteiger partial charge in [-0.1, -0.05) is 58.2 Å². The highest BCUT2D eigenvalue weighted by Gasteiger charge is 2.32. The summed E-state index contributed by atoms with van der Waals surface area (Å²) < 4.78 is 1.93. The molecule has 1 fully saturated rings. The molecule has 1 saturated carbocycles. The van der Waals surface area contributed by atoms with Gasteiger partial charge in [-0.15, -0.1) is 22.7 Å². The van der Waals surface area contributed by atoms with E-state index >= 15 is 0 Å². The number of hydrogen-bond donors (Lipinski definition) is 2. The van der Waals surface area contributed by atoms with Crippen LogP contribution < -0.4 is 10.6 Å². The van der Waals surface area contributed by atoms with Crippen molar-refractivity contribution in [1.82, 2.24) is 25.1 Å². The number of amides is 1.